The SMILES string of the molecule is N#Cc1cc(S(=O)(=O)Nc2ncns2)ccc1OCCCc1c2ccccc2cc2ccccc12. The number of nitrogens with one attached hydrogen (secondary N) is 1. The van der Waals surface area contributed by atoms with E-state index in [1.807, 2.05) is 30.3 Å². The summed E-state index contributed by atoms with van der Waals surface area (Å²) in [6, 6.07) is 25.2. The topological polar surface area (TPSA) is 105 Å². The van der Waals surface area contributed by atoms with Crippen molar-refractivity contribution in [2.45, 2.75) is 17.7 Å². The largest absolute Gasteiger partial charge is 0.492 e. The van der Waals surface area contributed by atoms with E-state index in [1.165, 1.54) is 51.6 Å². The molecule has 1 N–H and O–H groups in total. The van der Waals surface area contributed by atoms with Crippen LogP contribution in [0.1, 0.15) is 17.5 Å². The third-order valence-electron chi connectivity index (χ3n) is 5.68. The highest BCUT2D eigenvalue weighted by Gasteiger charge is 2.18. The van der Waals surface area contributed by atoms with Crippen molar-refractivity contribution in [1.82, 2.24) is 9.36 Å². The van der Waals surface area contributed by atoms with Crippen LogP contribution in [0.25, 0.3) is 21.5 Å². The third kappa shape index (κ3) is 4.80. The number of benzene rings is 4. The zero-order valence-electron chi connectivity index (χ0n) is 18.5. The molecule has 0 unspecified atom stereocenters. The number of fused-ring (bicyclic) bond motifs is 2. The van der Waals surface area contributed by atoms with Gasteiger partial charge < -0.3 is 4.74 Å². The monoisotopic (exact) mass is 500 g/mol. The van der Waals surface area contributed by atoms with E-state index >= 15 is 0 Å². The van der Waals surface area contributed by atoms with Gasteiger partial charge in [0.15, 0.2) is 0 Å². The van der Waals surface area contributed by atoms with E-state index < -0.39 is 10.0 Å². The fraction of sp³-hybridized carbons (Fsp3) is 0.115. The fourth-order valence-electron chi connectivity index (χ4n) is 4.09. The van der Waals surface area contributed by atoms with Gasteiger partial charge in [-0.25, -0.2) is 13.4 Å². The number of aryl methyl sites for hydroxylation is 1. The Hall–Kier alpha value is -4.00. The van der Waals surface area contributed by atoms with Crippen molar-refractivity contribution < 1.29 is 13.2 Å². The van der Waals surface area contributed by atoms with Crippen LogP contribution >= 0.6 is 11.5 Å². The lowest BCUT2D eigenvalue weighted by molar-refractivity contribution is 0.310. The fourth-order valence-corrected chi connectivity index (χ4v) is 5.78. The molecule has 0 bridgehead atoms. The van der Waals surface area contributed by atoms with Crippen LogP contribution in [0.2, 0.25) is 0 Å². The van der Waals surface area contributed by atoms with Gasteiger partial charge in [0.25, 0.3) is 10.0 Å². The second-order valence-corrected chi connectivity index (χ2v) is 10.3. The molecule has 0 aliphatic carbocycles. The average molecular weight is 501 g/mol. The second kappa shape index (κ2) is 9.70. The predicted molar refractivity (Wildman–Crippen MR) is 137 cm³/mol. The highest BCUT2D eigenvalue weighted by atomic mass is 32.2. The number of nitrogens with zero attached hydrogens (tertiary/aromatic N) is 3. The standard InChI is InChI=1S/C26H20N4O3S2/c27-16-20-15-21(35(31,32)30-26-28-17-29-34-26)11-12-25(20)33-13-5-10-24-22-8-3-1-6-18(22)14-19-7-2-4-9-23(19)24/h1-4,6-9,11-12,14-15,17H,5,10,13H2,(H,28,29,30). The Morgan fingerprint density at radius 1 is 0.971 bits per heavy atom. The number of aromatic nitrogens is 2. The van der Waals surface area contributed by atoms with Gasteiger partial charge >= 0.3 is 0 Å². The molecule has 0 aliphatic rings. The molecule has 174 valence electrons. The van der Waals surface area contributed by atoms with E-state index in [0.29, 0.717) is 12.4 Å². The van der Waals surface area contributed by atoms with Gasteiger partial charge in [-0.2, -0.15) is 9.64 Å². The maximum absolute atomic E-state index is 12.6. The number of hydrogen-bond acceptors (Lipinski definition) is 7. The predicted octanol–water partition coefficient (Wildman–Crippen LogP) is 5.53. The molecule has 9 heteroatoms. The number of ether oxygens (including phenoxy) is 1. The van der Waals surface area contributed by atoms with E-state index in [-0.39, 0.29) is 15.6 Å². The summed E-state index contributed by atoms with van der Waals surface area (Å²) in [6.07, 6.45) is 2.81. The summed E-state index contributed by atoms with van der Waals surface area (Å²) in [7, 11) is -3.88. The van der Waals surface area contributed by atoms with E-state index in [1.54, 1.807) is 0 Å². The van der Waals surface area contributed by atoms with Gasteiger partial charge in [0.1, 0.15) is 18.1 Å². The molecule has 7 nitrogen and oxygen atoms in total. The molecule has 5 rings (SSSR count). The quantitative estimate of drug-likeness (QED) is 0.222. The van der Waals surface area contributed by atoms with Crippen molar-refractivity contribution in [3.8, 4) is 11.8 Å². The minimum Gasteiger partial charge on any atom is -0.492 e. The van der Waals surface area contributed by atoms with Gasteiger partial charge in [-0.15, -0.1) is 0 Å². The van der Waals surface area contributed by atoms with E-state index in [0.717, 1.165) is 24.4 Å². The van der Waals surface area contributed by atoms with Crippen LogP contribution in [-0.4, -0.2) is 24.4 Å². The van der Waals surface area contributed by atoms with Gasteiger partial charge in [0.2, 0.25) is 5.13 Å². The first-order chi connectivity index (χ1) is 17.0. The molecule has 0 fully saturated rings. The smallest absolute Gasteiger partial charge is 0.263 e. The summed E-state index contributed by atoms with van der Waals surface area (Å²) >= 11 is 0.929. The Morgan fingerprint density at radius 3 is 2.34 bits per heavy atom. The summed E-state index contributed by atoms with van der Waals surface area (Å²) < 4.78 is 37.2. The Kier molecular flexibility index (Phi) is 6.31. The van der Waals surface area contributed by atoms with Gasteiger partial charge in [0.05, 0.1) is 17.1 Å². The van der Waals surface area contributed by atoms with Gasteiger partial charge in [-0.3, -0.25) is 4.72 Å². The number of sulfonamides is 1. The molecule has 0 saturated heterocycles. The lowest BCUT2D eigenvalue weighted by atomic mass is 9.94. The van der Waals surface area contributed by atoms with Crippen LogP contribution < -0.4 is 9.46 Å². The Balaban J connectivity index is 1.31. The van der Waals surface area contributed by atoms with E-state index in [4.69, 9.17) is 4.74 Å². The Morgan fingerprint density at radius 2 is 1.69 bits per heavy atom. The van der Waals surface area contributed by atoms with Crippen LogP contribution in [0.5, 0.6) is 5.75 Å². The summed E-state index contributed by atoms with van der Waals surface area (Å²) in [6.45, 7) is 0.390. The zero-order chi connectivity index (χ0) is 24.3. The van der Waals surface area contributed by atoms with Crippen molar-refractivity contribution in [3.63, 3.8) is 0 Å². The van der Waals surface area contributed by atoms with E-state index in [2.05, 4.69) is 44.4 Å². The van der Waals surface area contributed by atoms with Crippen molar-refractivity contribution >= 4 is 48.2 Å². The number of rotatable bonds is 8. The number of anilines is 1. The normalized spacial score (nSPS) is 11.4. The summed E-state index contributed by atoms with van der Waals surface area (Å²) in [5.41, 5.74) is 1.42. The van der Waals surface area contributed by atoms with Crippen molar-refractivity contribution in [2.24, 2.45) is 0 Å². The van der Waals surface area contributed by atoms with Gasteiger partial charge in [-0.05, 0) is 64.2 Å². The van der Waals surface area contributed by atoms with Gasteiger partial charge in [-0.1, -0.05) is 48.5 Å². The molecule has 1 heterocycles. The highest BCUT2D eigenvalue weighted by molar-refractivity contribution is 7.93. The average Bonchev–Trinajstić information content (AvgIpc) is 3.38. The van der Waals surface area contributed by atoms with Gasteiger partial charge in [0, 0.05) is 11.5 Å². The molecule has 35 heavy (non-hydrogen) atoms. The molecule has 0 aliphatic heterocycles. The van der Waals surface area contributed by atoms with Crippen LogP contribution in [0, 0.1) is 11.3 Å². The lowest BCUT2D eigenvalue weighted by Crippen LogP contribution is -2.13. The van der Waals surface area contributed by atoms with Crippen molar-refractivity contribution in [2.75, 3.05) is 11.3 Å². The molecular weight excluding hydrogens is 480 g/mol. The maximum atomic E-state index is 12.6. The Bertz CT molecular complexity index is 1610. The summed E-state index contributed by atoms with van der Waals surface area (Å²) in [5, 5.41) is 14.6. The van der Waals surface area contributed by atoms with Crippen molar-refractivity contribution in [1.29, 1.82) is 5.26 Å². The second-order valence-electron chi connectivity index (χ2n) is 7.87. The van der Waals surface area contributed by atoms with Crippen LogP contribution in [0.4, 0.5) is 5.13 Å². The first-order valence-electron chi connectivity index (χ1n) is 10.9. The lowest BCUT2D eigenvalue weighted by Gasteiger charge is -2.13. The van der Waals surface area contributed by atoms with Crippen LogP contribution in [0.15, 0.2) is 84.0 Å². The summed E-state index contributed by atoms with van der Waals surface area (Å²) in [5.74, 6) is 0.352. The molecule has 4 aromatic carbocycles. The first-order valence-corrected chi connectivity index (χ1v) is 13.2. The maximum Gasteiger partial charge on any atom is 0.263 e. The van der Waals surface area contributed by atoms with E-state index in [9.17, 15) is 13.7 Å². The van der Waals surface area contributed by atoms with Crippen LogP contribution in [-0.2, 0) is 16.4 Å². The third-order valence-corrected chi connectivity index (χ3v) is 7.72. The molecule has 1 aromatic heterocycles. The number of hydrogen-bond donors (Lipinski definition) is 1. The summed E-state index contributed by atoms with van der Waals surface area (Å²) in [4.78, 5) is 3.78. The van der Waals surface area contributed by atoms with Crippen molar-refractivity contribution in [3.05, 3.63) is 90.3 Å². The molecule has 5 aromatic rings. The number of nitriles is 1. The zero-order valence-corrected chi connectivity index (χ0v) is 20.1. The highest BCUT2D eigenvalue weighted by Crippen LogP contribution is 2.30. The first kappa shape index (κ1) is 22.8. The molecule has 0 radical (unpaired) electrons. The Labute approximate surface area is 206 Å². The van der Waals surface area contributed by atoms with Crippen LogP contribution in [0.3, 0.4) is 0 Å². The molecule has 0 saturated carbocycles. The molecular formula is C26H20N4O3S2. The minimum atomic E-state index is -3.88. The molecule has 0 amide bonds. The molecule has 0 atom stereocenters. The minimum absolute atomic E-state index is 0.0428. The molecule has 0 spiro atoms.